The summed E-state index contributed by atoms with van der Waals surface area (Å²) in [6.07, 6.45) is -5.27. The molecule has 2 N–H and O–H groups in total. The Morgan fingerprint density at radius 1 is 1.00 bits per heavy atom. The minimum atomic E-state index is -4.69. The van der Waals surface area contributed by atoms with Crippen LogP contribution in [0.15, 0.2) is 54.6 Å². The van der Waals surface area contributed by atoms with Crippen LogP contribution in [0.5, 0.6) is 5.75 Å². The quantitative estimate of drug-likeness (QED) is 0.731. The fourth-order valence-electron chi connectivity index (χ4n) is 3.49. The van der Waals surface area contributed by atoms with Crippen LogP contribution in [-0.4, -0.2) is 50.1 Å². The molecule has 162 valence electrons. The van der Waals surface area contributed by atoms with Crippen LogP contribution < -0.4 is 15.4 Å². The second-order valence-corrected chi connectivity index (χ2v) is 7.00. The van der Waals surface area contributed by atoms with Gasteiger partial charge in [-0.25, -0.2) is 4.79 Å². The Morgan fingerprint density at radius 2 is 1.63 bits per heavy atom. The zero-order valence-electron chi connectivity index (χ0n) is 16.3. The van der Waals surface area contributed by atoms with Gasteiger partial charge in [0.15, 0.2) is 0 Å². The van der Waals surface area contributed by atoms with Crippen LogP contribution in [0.4, 0.5) is 23.7 Å². The van der Waals surface area contributed by atoms with Gasteiger partial charge in [-0.2, -0.15) is 0 Å². The highest BCUT2D eigenvalue weighted by Crippen LogP contribution is 2.26. The maximum Gasteiger partial charge on any atom is 0.573 e. The maximum absolute atomic E-state index is 12.3. The molecule has 1 saturated heterocycles. The number of rotatable bonds is 7. The minimum Gasteiger partial charge on any atom is -0.441 e. The molecule has 1 fully saturated rings. The average Bonchev–Trinajstić information content (AvgIpc) is 2.71. The number of hydrogen-bond donors (Lipinski definition) is 1. The standard InChI is InChI=1S/C21H24F3N3O3/c22-21(23,24)30-18-8-6-17(7-9-18)27-14-12-26(13-15-27)11-10-19(29-20(25)28)16-4-2-1-3-5-16/h1-9,19H,10-15H2,(H2,25,28). The summed E-state index contributed by atoms with van der Waals surface area (Å²) >= 11 is 0. The molecule has 30 heavy (non-hydrogen) atoms. The third-order valence-electron chi connectivity index (χ3n) is 4.95. The number of hydrogen-bond acceptors (Lipinski definition) is 5. The Labute approximate surface area is 173 Å². The van der Waals surface area contributed by atoms with Gasteiger partial charge in [0.2, 0.25) is 0 Å². The fraction of sp³-hybridized carbons (Fsp3) is 0.381. The highest BCUT2D eigenvalue weighted by molar-refractivity contribution is 5.65. The SMILES string of the molecule is NC(=O)OC(CCN1CCN(c2ccc(OC(F)(F)F)cc2)CC1)c1ccccc1. The van der Waals surface area contributed by atoms with Gasteiger partial charge in [0, 0.05) is 44.8 Å². The van der Waals surface area contributed by atoms with Crippen molar-refractivity contribution in [1.29, 1.82) is 0 Å². The number of ether oxygens (including phenoxy) is 2. The van der Waals surface area contributed by atoms with Crippen molar-refractivity contribution in [3.05, 3.63) is 60.2 Å². The summed E-state index contributed by atoms with van der Waals surface area (Å²) in [6.45, 7) is 3.80. The third kappa shape index (κ3) is 6.55. The lowest BCUT2D eigenvalue weighted by Crippen LogP contribution is -2.46. The lowest BCUT2D eigenvalue weighted by atomic mass is 10.1. The first-order valence-corrected chi connectivity index (χ1v) is 9.64. The predicted molar refractivity (Wildman–Crippen MR) is 106 cm³/mol. The number of primary amides is 1. The lowest BCUT2D eigenvalue weighted by molar-refractivity contribution is -0.274. The summed E-state index contributed by atoms with van der Waals surface area (Å²) in [5, 5.41) is 0. The molecule has 0 aromatic heterocycles. The van der Waals surface area contributed by atoms with Crippen LogP contribution in [0.3, 0.4) is 0 Å². The van der Waals surface area contributed by atoms with E-state index < -0.39 is 18.6 Å². The molecule has 1 unspecified atom stereocenters. The van der Waals surface area contributed by atoms with Crippen molar-refractivity contribution >= 4 is 11.8 Å². The number of alkyl halides is 3. The topological polar surface area (TPSA) is 68.0 Å². The fourth-order valence-corrected chi connectivity index (χ4v) is 3.49. The van der Waals surface area contributed by atoms with Gasteiger partial charge >= 0.3 is 12.5 Å². The lowest BCUT2D eigenvalue weighted by Gasteiger charge is -2.36. The van der Waals surface area contributed by atoms with Gasteiger partial charge < -0.3 is 20.1 Å². The second kappa shape index (κ2) is 9.71. The van der Waals surface area contributed by atoms with Gasteiger partial charge in [-0.05, 0) is 29.8 Å². The maximum atomic E-state index is 12.3. The van der Waals surface area contributed by atoms with Crippen LogP contribution in [0.2, 0.25) is 0 Å². The Morgan fingerprint density at radius 3 is 2.20 bits per heavy atom. The molecule has 3 rings (SSSR count). The molecule has 1 aliphatic heterocycles. The molecule has 1 heterocycles. The van der Waals surface area contributed by atoms with E-state index in [-0.39, 0.29) is 5.75 Å². The first kappa shape index (κ1) is 21.8. The Hall–Kier alpha value is -2.94. The van der Waals surface area contributed by atoms with E-state index in [9.17, 15) is 18.0 Å². The normalized spacial score (nSPS) is 16.2. The molecule has 1 atom stereocenters. The molecule has 2 aromatic carbocycles. The summed E-state index contributed by atoms with van der Waals surface area (Å²) in [6, 6.07) is 15.4. The molecule has 0 aliphatic carbocycles. The van der Waals surface area contributed by atoms with Crippen molar-refractivity contribution in [2.45, 2.75) is 18.9 Å². The van der Waals surface area contributed by atoms with Crippen molar-refractivity contribution in [3.8, 4) is 5.75 Å². The average molecular weight is 423 g/mol. The number of halogens is 3. The molecular formula is C21H24F3N3O3. The van der Waals surface area contributed by atoms with E-state index >= 15 is 0 Å². The Bertz CT molecular complexity index is 808. The number of benzene rings is 2. The predicted octanol–water partition coefficient (Wildman–Crippen LogP) is 3.93. The monoisotopic (exact) mass is 423 g/mol. The number of amides is 1. The summed E-state index contributed by atoms with van der Waals surface area (Å²) < 4.78 is 46.0. The van der Waals surface area contributed by atoms with Gasteiger partial charge in [0.25, 0.3) is 0 Å². The summed E-state index contributed by atoms with van der Waals surface area (Å²) in [5.74, 6) is -0.230. The van der Waals surface area contributed by atoms with E-state index in [2.05, 4.69) is 14.5 Å². The van der Waals surface area contributed by atoms with Crippen molar-refractivity contribution in [2.24, 2.45) is 5.73 Å². The van der Waals surface area contributed by atoms with Gasteiger partial charge in [0.1, 0.15) is 11.9 Å². The van der Waals surface area contributed by atoms with E-state index in [4.69, 9.17) is 10.5 Å². The molecular weight excluding hydrogens is 399 g/mol. The highest BCUT2D eigenvalue weighted by atomic mass is 19.4. The van der Waals surface area contributed by atoms with Crippen molar-refractivity contribution in [1.82, 2.24) is 4.90 Å². The van der Waals surface area contributed by atoms with Gasteiger partial charge in [-0.3, -0.25) is 4.90 Å². The molecule has 1 amide bonds. The molecule has 0 spiro atoms. The first-order chi connectivity index (χ1) is 14.3. The van der Waals surface area contributed by atoms with Gasteiger partial charge in [-0.15, -0.1) is 13.2 Å². The van der Waals surface area contributed by atoms with E-state index in [0.29, 0.717) is 6.42 Å². The van der Waals surface area contributed by atoms with Crippen molar-refractivity contribution < 1.29 is 27.4 Å². The summed E-state index contributed by atoms with van der Waals surface area (Å²) in [4.78, 5) is 15.6. The van der Waals surface area contributed by atoms with Crippen LogP contribution in [0, 0.1) is 0 Å². The number of nitrogens with zero attached hydrogens (tertiary/aromatic N) is 2. The van der Waals surface area contributed by atoms with E-state index in [0.717, 1.165) is 44.0 Å². The van der Waals surface area contributed by atoms with Crippen LogP contribution in [-0.2, 0) is 4.74 Å². The molecule has 6 nitrogen and oxygen atoms in total. The Kier molecular flexibility index (Phi) is 7.04. The molecule has 0 bridgehead atoms. The van der Waals surface area contributed by atoms with Crippen molar-refractivity contribution in [2.75, 3.05) is 37.6 Å². The number of carbonyl (C=O) groups is 1. The molecule has 0 radical (unpaired) electrons. The van der Waals surface area contributed by atoms with Gasteiger partial charge in [0.05, 0.1) is 0 Å². The van der Waals surface area contributed by atoms with E-state index in [1.54, 1.807) is 12.1 Å². The Balaban J connectivity index is 1.49. The zero-order chi connectivity index (χ0) is 21.6. The van der Waals surface area contributed by atoms with E-state index in [1.165, 1.54) is 12.1 Å². The largest absolute Gasteiger partial charge is 0.573 e. The van der Waals surface area contributed by atoms with Gasteiger partial charge in [-0.1, -0.05) is 30.3 Å². The number of piperazine rings is 1. The highest BCUT2D eigenvalue weighted by Gasteiger charge is 2.31. The van der Waals surface area contributed by atoms with E-state index in [1.807, 2.05) is 30.3 Å². The van der Waals surface area contributed by atoms with Crippen LogP contribution in [0.25, 0.3) is 0 Å². The zero-order valence-corrected chi connectivity index (χ0v) is 16.3. The number of carbonyl (C=O) groups excluding carboxylic acids is 1. The van der Waals surface area contributed by atoms with Crippen molar-refractivity contribution in [3.63, 3.8) is 0 Å². The number of nitrogens with two attached hydrogens (primary N) is 1. The van der Waals surface area contributed by atoms with Crippen LogP contribution >= 0.6 is 0 Å². The molecule has 9 heteroatoms. The summed E-state index contributed by atoms with van der Waals surface area (Å²) in [7, 11) is 0. The number of anilines is 1. The second-order valence-electron chi connectivity index (χ2n) is 7.00. The first-order valence-electron chi connectivity index (χ1n) is 9.64. The minimum absolute atomic E-state index is 0.230. The van der Waals surface area contributed by atoms with Crippen LogP contribution in [0.1, 0.15) is 18.1 Å². The smallest absolute Gasteiger partial charge is 0.441 e. The summed E-state index contributed by atoms with van der Waals surface area (Å²) in [5.41, 5.74) is 6.96. The molecule has 0 saturated carbocycles. The molecule has 1 aliphatic rings. The molecule has 2 aromatic rings. The third-order valence-corrected chi connectivity index (χ3v) is 4.95.